The van der Waals surface area contributed by atoms with E-state index in [1.165, 1.54) is 0 Å². The van der Waals surface area contributed by atoms with Crippen LogP contribution >= 0.6 is 11.3 Å². The second-order valence-electron chi connectivity index (χ2n) is 3.61. The van der Waals surface area contributed by atoms with E-state index in [4.69, 9.17) is 4.42 Å². The lowest BCUT2D eigenvalue weighted by Crippen LogP contribution is -2.04. The molecular weight excluding hydrogens is 210 g/mol. The molecule has 80 valence electrons. The average molecular weight is 223 g/mol. The molecule has 0 aliphatic heterocycles. The third kappa shape index (κ3) is 2.46. The quantitative estimate of drug-likeness (QED) is 0.870. The van der Waals surface area contributed by atoms with Gasteiger partial charge in [0.1, 0.15) is 5.76 Å². The Kier molecular flexibility index (Phi) is 2.88. The molecule has 0 radical (unpaired) electrons. The van der Waals surface area contributed by atoms with Crippen molar-refractivity contribution in [3.8, 4) is 10.8 Å². The van der Waals surface area contributed by atoms with Crippen molar-refractivity contribution in [3.63, 3.8) is 0 Å². The van der Waals surface area contributed by atoms with Gasteiger partial charge < -0.3 is 9.52 Å². The van der Waals surface area contributed by atoms with Crippen LogP contribution in [0.5, 0.6) is 0 Å². The number of hydrogen-bond acceptors (Lipinski definition) is 4. The highest BCUT2D eigenvalue weighted by atomic mass is 32.1. The smallest absolute Gasteiger partial charge is 0.162 e. The van der Waals surface area contributed by atoms with Gasteiger partial charge in [-0.3, -0.25) is 0 Å². The minimum Gasteiger partial charge on any atom is -0.459 e. The number of aliphatic hydroxyl groups is 1. The standard InChI is InChI=1S/C11H13NO2S/c1-7(13)5-9-6-15-11(12-9)10-4-3-8(2)14-10/h3-4,6-7,13H,5H2,1-2H3. The van der Waals surface area contributed by atoms with E-state index in [-0.39, 0.29) is 6.10 Å². The second-order valence-corrected chi connectivity index (χ2v) is 4.47. The first kappa shape index (κ1) is 10.4. The maximum Gasteiger partial charge on any atom is 0.162 e. The zero-order valence-corrected chi connectivity index (χ0v) is 9.54. The topological polar surface area (TPSA) is 46.3 Å². The molecule has 0 amide bonds. The first-order chi connectivity index (χ1) is 7.15. The van der Waals surface area contributed by atoms with Crippen molar-refractivity contribution in [3.05, 3.63) is 29.0 Å². The number of aryl methyl sites for hydroxylation is 1. The van der Waals surface area contributed by atoms with Gasteiger partial charge in [-0.1, -0.05) is 0 Å². The average Bonchev–Trinajstić information content (AvgIpc) is 2.72. The molecule has 0 spiro atoms. The summed E-state index contributed by atoms with van der Waals surface area (Å²) in [5, 5.41) is 12.1. The molecule has 0 fully saturated rings. The number of nitrogens with zero attached hydrogens (tertiary/aromatic N) is 1. The highest BCUT2D eigenvalue weighted by Gasteiger charge is 2.09. The lowest BCUT2D eigenvalue weighted by molar-refractivity contribution is 0.194. The van der Waals surface area contributed by atoms with Gasteiger partial charge in [-0.05, 0) is 26.0 Å². The predicted octanol–water partition coefficient (Wildman–Crippen LogP) is 2.63. The van der Waals surface area contributed by atoms with Crippen LogP contribution in [0.3, 0.4) is 0 Å². The molecule has 1 unspecified atom stereocenters. The van der Waals surface area contributed by atoms with Gasteiger partial charge in [-0.15, -0.1) is 11.3 Å². The fourth-order valence-electron chi connectivity index (χ4n) is 1.37. The van der Waals surface area contributed by atoms with E-state index in [9.17, 15) is 5.11 Å². The molecule has 0 bridgehead atoms. The molecule has 15 heavy (non-hydrogen) atoms. The van der Waals surface area contributed by atoms with Crippen molar-refractivity contribution in [2.45, 2.75) is 26.4 Å². The number of aromatic nitrogens is 1. The molecule has 2 aromatic heterocycles. The lowest BCUT2D eigenvalue weighted by Gasteiger charge is -1.98. The fraction of sp³-hybridized carbons (Fsp3) is 0.364. The fourth-order valence-corrected chi connectivity index (χ4v) is 2.16. The van der Waals surface area contributed by atoms with Crippen LogP contribution < -0.4 is 0 Å². The summed E-state index contributed by atoms with van der Waals surface area (Å²) in [5.74, 6) is 1.69. The number of thiazole rings is 1. The Morgan fingerprint density at radius 3 is 2.93 bits per heavy atom. The van der Waals surface area contributed by atoms with E-state index in [2.05, 4.69) is 4.98 Å². The second kappa shape index (κ2) is 4.16. The molecule has 0 aliphatic rings. The number of rotatable bonds is 3. The molecule has 1 atom stereocenters. The van der Waals surface area contributed by atoms with E-state index < -0.39 is 0 Å². The Morgan fingerprint density at radius 1 is 1.53 bits per heavy atom. The number of aliphatic hydroxyl groups excluding tert-OH is 1. The number of hydrogen-bond donors (Lipinski definition) is 1. The van der Waals surface area contributed by atoms with E-state index >= 15 is 0 Å². The summed E-state index contributed by atoms with van der Waals surface area (Å²) in [7, 11) is 0. The molecule has 0 aliphatic carbocycles. The van der Waals surface area contributed by atoms with Crippen LogP contribution in [0.2, 0.25) is 0 Å². The molecular formula is C11H13NO2S. The van der Waals surface area contributed by atoms with Crippen molar-refractivity contribution < 1.29 is 9.52 Å². The molecule has 0 saturated carbocycles. The van der Waals surface area contributed by atoms with Crippen LogP contribution in [0.15, 0.2) is 21.9 Å². The van der Waals surface area contributed by atoms with E-state index in [1.807, 2.05) is 24.4 Å². The molecule has 0 aromatic carbocycles. The van der Waals surface area contributed by atoms with Gasteiger partial charge in [0.2, 0.25) is 0 Å². The maximum absolute atomic E-state index is 9.23. The molecule has 2 aromatic rings. The zero-order valence-electron chi connectivity index (χ0n) is 8.73. The van der Waals surface area contributed by atoms with Crippen molar-refractivity contribution in [1.82, 2.24) is 4.98 Å². The van der Waals surface area contributed by atoms with Crippen molar-refractivity contribution in [2.24, 2.45) is 0 Å². The third-order valence-electron chi connectivity index (χ3n) is 2.01. The van der Waals surface area contributed by atoms with Crippen LogP contribution in [-0.2, 0) is 6.42 Å². The minimum absolute atomic E-state index is 0.349. The highest BCUT2D eigenvalue weighted by molar-refractivity contribution is 7.13. The molecule has 2 rings (SSSR count). The largest absolute Gasteiger partial charge is 0.459 e. The number of furan rings is 1. The van der Waals surface area contributed by atoms with Gasteiger partial charge in [0.15, 0.2) is 10.8 Å². The van der Waals surface area contributed by atoms with Crippen LogP contribution in [0.1, 0.15) is 18.4 Å². The summed E-state index contributed by atoms with van der Waals surface area (Å²) in [6.45, 7) is 3.67. The van der Waals surface area contributed by atoms with Crippen molar-refractivity contribution >= 4 is 11.3 Å². The first-order valence-electron chi connectivity index (χ1n) is 4.84. The molecule has 0 saturated heterocycles. The summed E-state index contributed by atoms with van der Waals surface area (Å²) in [6, 6.07) is 3.84. The Morgan fingerprint density at radius 2 is 2.33 bits per heavy atom. The van der Waals surface area contributed by atoms with E-state index in [1.54, 1.807) is 18.3 Å². The van der Waals surface area contributed by atoms with Crippen LogP contribution in [-0.4, -0.2) is 16.2 Å². The van der Waals surface area contributed by atoms with Gasteiger partial charge >= 0.3 is 0 Å². The Balaban J connectivity index is 2.20. The lowest BCUT2D eigenvalue weighted by atomic mass is 10.2. The van der Waals surface area contributed by atoms with Crippen molar-refractivity contribution in [1.29, 1.82) is 0 Å². The van der Waals surface area contributed by atoms with Crippen LogP contribution in [0.4, 0.5) is 0 Å². The van der Waals surface area contributed by atoms with Gasteiger partial charge in [0.05, 0.1) is 11.8 Å². The molecule has 2 heterocycles. The Labute approximate surface area is 92.4 Å². The van der Waals surface area contributed by atoms with E-state index in [0.29, 0.717) is 6.42 Å². The predicted molar refractivity (Wildman–Crippen MR) is 59.9 cm³/mol. The van der Waals surface area contributed by atoms with E-state index in [0.717, 1.165) is 22.2 Å². The van der Waals surface area contributed by atoms with Gasteiger partial charge in [0.25, 0.3) is 0 Å². The minimum atomic E-state index is -0.349. The summed E-state index contributed by atoms with van der Waals surface area (Å²) < 4.78 is 5.47. The maximum atomic E-state index is 9.23. The van der Waals surface area contributed by atoms with Crippen LogP contribution in [0, 0.1) is 6.92 Å². The van der Waals surface area contributed by atoms with Gasteiger partial charge in [0, 0.05) is 11.8 Å². The SMILES string of the molecule is Cc1ccc(-c2nc(CC(C)O)cs2)o1. The summed E-state index contributed by atoms with van der Waals surface area (Å²) in [5.41, 5.74) is 0.916. The highest BCUT2D eigenvalue weighted by Crippen LogP contribution is 2.25. The Bertz CT molecular complexity index is 445. The zero-order chi connectivity index (χ0) is 10.8. The van der Waals surface area contributed by atoms with Crippen molar-refractivity contribution in [2.75, 3.05) is 0 Å². The first-order valence-corrected chi connectivity index (χ1v) is 5.72. The summed E-state index contributed by atoms with van der Waals surface area (Å²) >= 11 is 1.54. The molecule has 3 nitrogen and oxygen atoms in total. The third-order valence-corrected chi connectivity index (χ3v) is 2.91. The van der Waals surface area contributed by atoms with Gasteiger partial charge in [-0.2, -0.15) is 0 Å². The summed E-state index contributed by atoms with van der Waals surface area (Å²) in [6.07, 6.45) is 0.245. The molecule has 4 heteroatoms. The van der Waals surface area contributed by atoms with Crippen LogP contribution in [0.25, 0.3) is 10.8 Å². The monoisotopic (exact) mass is 223 g/mol. The Hall–Kier alpha value is -1.13. The molecule has 1 N–H and O–H groups in total. The summed E-state index contributed by atoms with van der Waals surface area (Å²) in [4.78, 5) is 4.40. The normalized spacial score (nSPS) is 13.0. The van der Waals surface area contributed by atoms with Gasteiger partial charge in [-0.25, -0.2) is 4.98 Å².